The number of carbonyl (C=O) groups excluding carboxylic acids is 2. The number of fused-ring (bicyclic) bond motifs is 5. The van der Waals surface area contributed by atoms with Gasteiger partial charge in [-0.1, -0.05) is 24.9 Å². The predicted octanol–water partition coefficient (Wildman–Crippen LogP) is 4.12. The third kappa shape index (κ3) is 6.94. The Kier molecular flexibility index (Phi) is 10.2. The van der Waals surface area contributed by atoms with E-state index in [1.807, 2.05) is 51.9 Å². The average Bonchev–Trinajstić information content (AvgIpc) is 3.40. The first kappa shape index (κ1) is 35.0. The molecule has 0 saturated heterocycles. The Morgan fingerprint density at radius 2 is 1.94 bits per heavy atom. The first-order chi connectivity index (χ1) is 22.8. The Hall–Kier alpha value is -4.33. The third-order valence-electron chi connectivity index (χ3n) is 8.63. The van der Waals surface area contributed by atoms with Crippen LogP contribution in [0, 0.1) is 0 Å². The van der Waals surface area contributed by atoms with Crippen LogP contribution in [0.15, 0.2) is 28.1 Å². The highest BCUT2D eigenvalue weighted by Crippen LogP contribution is 2.41. The highest BCUT2D eigenvalue weighted by atomic mass is 16.6. The summed E-state index contributed by atoms with van der Waals surface area (Å²) in [5.74, 6) is -0.452. The Morgan fingerprint density at radius 1 is 1.19 bits per heavy atom. The van der Waals surface area contributed by atoms with Crippen molar-refractivity contribution in [1.82, 2.24) is 19.9 Å². The quantitative estimate of drug-likeness (QED) is 0.0623. The first-order valence-corrected chi connectivity index (χ1v) is 16.4. The number of aliphatic hydroxyl groups is 1. The van der Waals surface area contributed by atoms with E-state index in [2.05, 4.69) is 5.16 Å². The fourth-order valence-electron chi connectivity index (χ4n) is 6.23. The Labute approximate surface area is 279 Å². The second kappa shape index (κ2) is 14.0. The molecule has 0 spiro atoms. The Balaban J connectivity index is 1.60. The number of carbonyl (C=O) groups is 2. The summed E-state index contributed by atoms with van der Waals surface area (Å²) in [6.07, 6.45) is 5.18. The van der Waals surface area contributed by atoms with Gasteiger partial charge in [-0.15, -0.1) is 0 Å². The van der Waals surface area contributed by atoms with Gasteiger partial charge in [0.25, 0.3) is 5.56 Å². The lowest BCUT2D eigenvalue weighted by Crippen LogP contribution is -2.44. The zero-order valence-electron chi connectivity index (χ0n) is 28.5. The summed E-state index contributed by atoms with van der Waals surface area (Å²) in [7, 11) is 3.95. The topological polar surface area (TPSA) is 165 Å². The molecule has 13 heteroatoms. The maximum atomic E-state index is 13.9. The zero-order chi connectivity index (χ0) is 34.8. The van der Waals surface area contributed by atoms with Crippen LogP contribution < -0.4 is 15.8 Å². The van der Waals surface area contributed by atoms with Crippen molar-refractivity contribution in [3.05, 3.63) is 56.4 Å². The van der Waals surface area contributed by atoms with Crippen molar-refractivity contribution in [2.24, 2.45) is 5.16 Å². The highest BCUT2D eigenvalue weighted by molar-refractivity contribution is 6.04. The van der Waals surface area contributed by atoms with Crippen LogP contribution in [-0.2, 0) is 44.5 Å². The number of hydrogen-bond donors (Lipinski definition) is 3. The number of amides is 1. The summed E-state index contributed by atoms with van der Waals surface area (Å²) in [5.41, 5.74) is 3.52. The van der Waals surface area contributed by atoms with Crippen molar-refractivity contribution < 1.29 is 34.2 Å². The van der Waals surface area contributed by atoms with Crippen LogP contribution in [0.5, 0.6) is 5.75 Å². The third-order valence-corrected chi connectivity index (χ3v) is 8.63. The zero-order valence-corrected chi connectivity index (χ0v) is 28.5. The second-order valence-corrected chi connectivity index (χ2v) is 13.6. The van der Waals surface area contributed by atoms with Gasteiger partial charge in [0.05, 0.1) is 41.8 Å². The van der Waals surface area contributed by atoms with Crippen LogP contribution in [-0.4, -0.2) is 69.2 Å². The molecule has 1 amide bonds. The van der Waals surface area contributed by atoms with Crippen LogP contribution >= 0.6 is 0 Å². The molecule has 5 rings (SSSR count). The van der Waals surface area contributed by atoms with E-state index in [0.717, 1.165) is 41.3 Å². The standard InChI is InChI=1S/C35H45N5O8/c1-7-35(44)25-16-27-31-22(19-40(27)32(42)24(25)20-47-33(35)43)21(17-36-48-34(2,3)4)30-23(18-39(5)6)28(14-13-26(30)37-31)46-15-11-9-8-10-12-29(41)38-45/h13-14,16-17,44-45H,7-12,15,18-20H2,1-6H3,(H,38,41)/b36-17-/t35-/m0/s1. The highest BCUT2D eigenvalue weighted by Gasteiger charge is 2.45. The number of hydrogen-bond acceptors (Lipinski definition) is 11. The van der Waals surface area contributed by atoms with Gasteiger partial charge >= 0.3 is 5.97 Å². The maximum Gasteiger partial charge on any atom is 0.343 e. The molecule has 0 radical (unpaired) electrons. The fourth-order valence-corrected chi connectivity index (χ4v) is 6.23. The van der Waals surface area contributed by atoms with Gasteiger partial charge in [-0.2, -0.15) is 0 Å². The molecular formula is C35H45N5O8. The summed E-state index contributed by atoms with van der Waals surface area (Å²) < 4.78 is 13.2. The number of benzene rings is 1. The molecule has 0 fully saturated rings. The van der Waals surface area contributed by atoms with Crippen LogP contribution in [0.25, 0.3) is 22.3 Å². The van der Waals surface area contributed by atoms with Gasteiger partial charge in [0.15, 0.2) is 5.60 Å². The number of esters is 1. The average molecular weight is 664 g/mol. The van der Waals surface area contributed by atoms with Gasteiger partial charge < -0.3 is 28.9 Å². The number of unbranched alkanes of at least 4 members (excludes halogenated alkanes) is 3. The number of rotatable bonds is 13. The van der Waals surface area contributed by atoms with Gasteiger partial charge in [-0.3, -0.25) is 14.8 Å². The molecule has 3 aromatic rings. The lowest BCUT2D eigenvalue weighted by Gasteiger charge is -2.31. The molecule has 48 heavy (non-hydrogen) atoms. The van der Waals surface area contributed by atoms with Gasteiger partial charge in [-0.05, 0) is 72.3 Å². The van der Waals surface area contributed by atoms with E-state index in [0.29, 0.717) is 42.2 Å². The van der Waals surface area contributed by atoms with E-state index in [1.165, 1.54) is 0 Å². The summed E-state index contributed by atoms with van der Waals surface area (Å²) in [4.78, 5) is 50.7. The molecule has 13 nitrogen and oxygen atoms in total. The van der Waals surface area contributed by atoms with Crippen molar-refractivity contribution in [2.75, 3.05) is 20.7 Å². The first-order valence-electron chi connectivity index (χ1n) is 16.4. The molecule has 258 valence electrons. The summed E-state index contributed by atoms with van der Waals surface area (Å²) in [6, 6.07) is 5.49. The van der Waals surface area contributed by atoms with E-state index in [4.69, 9.17) is 24.5 Å². The van der Waals surface area contributed by atoms with Crippen molar-refractivity contribution in [3.63, 3.8) is 0 Å². The van der Waals surface area contributed by atoms with Gasteiger partial charge in [-0.25, -0.2) is 15.3 Å². The SMILES string of the molecule is CC[C@@]1(O)C(=O)OCc2c1cc1n(c2=O)Cc2c-1nc1ccc(OCCCCCCC(=O)NO)c(CN(C)C)c1c2/C=N\OC(C)(C)C. The molecule has 0 saturated carbocycles. The lowest BCUT2D eigenvalue weighted by molar-refractivity contribution is -0.172. The Bertz CT molecular complexity index is 1810. The summed E-state index contributed by atoms with van der Waals surface area (Å²) in [6.45, 7) is 8.40. The maximum absolute atomic E-state index is 13.9. The molecule has 0 unspecified atom stereocenters. The monoisotopic (exact) mass is 663 g/mol. The number of nitrogens with one attached hydrogen (secondary N) is 1. The fraction of sp³-hybridized carbons (Fsp3) is 0.514. The number of hydroxylamine groups is 1. The normalized spacial score (nSPS) is 17.0. The molecule has 1 aromatic carbocycles. The van der Waals surface area contributed by atoms with Crippen molar-refractivity contribution in [2.45, 2.75) is 97.1 Å². The number of oxime groups is 1. The molecule has 2 aromatic heterocycles. The lowest BCUT2D eigenvalue weighted by atomic mass is 9.86. The number of cyclic esters (lactones) is 1. The van der Waals surface area contributed by atoms with Crippen molar-refractivity contribution in [3.8, 4) is 17.1 Å². The number of pyridine rings is 2. The predicted molar refractivity (Wildman–Crippen MR) is 179 cm³/mol. The molecular weight excluding hydrogens is 618 g/mol. The van der Waals surface area contributed by atoms with Crippen LogP contribution in [0.1, 0.15) is 94.0 Å². The molecule has 2 aliphatic rings. The molecule has 1 atom stereocenters. The van der Waals surface area contributed by atoms with E-state index < -0.39 is 17.2 Å². The van der Waals surface area contributed by atoms with Crippen molar-refractivity contribution >= 4 is 29.0 Å². The molecule has 2 aliphatic heterocycles. The van der Waals surface area contributed by atoms with Crippen LogP contribution in [0.2, 0.25) is 0 Å². The van der Waals surface area contributed by atoms with Crippen LogP contribution in [0.4, 0.5) is 0 Å². The minimum absolute atomic E-state index is 0.0549. The molecule has 0 bridgehead atoms. The second-order valence-electron chi connectivity index (χ2n) is 13.6. The van der Waals surface area contributed by atoms with E-state index >= 15 is 0 Å². The van der Waals surface area contributed by atoms with E-state index in [-0.39, 0.29) is 48.6 Å². The number of aromatic nitrogens is 2. The minimum atomic E-state index is -1.92. The van der Waals surface area contributed by atoms with Crippen molar-refractivity contribution in [1.29, 1.82) is 0 Å². The van der Waals surface area contributed by atoms with Gasteiger partial charge in [0.1, 0.15) is 18.0 Å². The summed E-state index contributed by atoms with van der Waals surface area (Å²) >= 11 is 0. The number of nitrogens with zero attached hydrogens (tertiary/aromatic N) is 4. The van der Waals surface area contributed by atoms with E-state index in [9.17, 15) is 19.5 Å². The van der Waals surface area contributed by atoms with Gasteiger partial charge in [0, 0.05) is 40.6 Å². The summed E-state index contributed by atoms with van der Waals surface area (Å²) in [5, 5.41) is 25.2. The minimum Gasteiger partial charge on any atom is -0.493 e. The molecule has 4 heterocycles. The van der Waals surface area contributed by atoms with Gasteiger partial charge in [0.2, 0.25) is 5.91 Å². The Morgan fingerprint density at radius 3 is 2.62 bits per heavy atom. The molecule has 0 aliphatic carbocycles. The van der Waals surface area contributed by atoms with Crippen LogP contribution in [0.3, 0.4) is 0 Å². The smallest absolute Gasteiger partial charge is 0.343 e. The number of ether oxygens (including phenoxy) is 2. The molecule has 3 N–H and O–H groups in total. The largest absolute Gasteiger partial charge is 0.493 e. The van der Waals surface area contributed by atoms with E-state index in [1.54, 1.807) is 29.3 Å².